The zero-order valence-electron chi connectivity index (χ0n) is 12.6. The monoisotopic (exact) mass is 275 g/mol. The van der Waals surface area contributed by atoms with Gasteiger partial charge in [-0.05, 0) is 39.0 Å². The van der Waals surface area contributed by atoms with Crippen LogP contribution in [0.25, 0.3) is 0 Å². The Morgan fingerprint density at radius 3 is 2.11 bits per heavy atom. The van der Waals surface area contributed by atoms with Crippen LogP contribution in [-0.4, -0.2) is 19.1 Å². The maximum atomic E-state index is 2.44. The Morgan fingerprint density at radius 2 is 1.50 bits per heavy atom. The summed E-state index contributed by atoms with van der Waals surface area (Å²) in [4.78, 5) is 1.89. The molecule has 0 aliphatic carbocycles. The Balaban J connectivity index is 0.00000289. The molecule has 1 rings (SSSR count). The average Bonchev–Trinajstić information content (AvgIpc) is 2.35. The van der Waals surface area contributed by atoms with E-state index in [-0.39, 0.29) is 12.4 Å². The molecule has 1 aliphatic heterocycles. The summed E-state index contributed by atoms with van der Waals surface area (Å²) in [5, 5.41) is 0. The molecule has 2 unspecified atom stereocenters. The van der Waals surface area contributed by atoms with Crippen LogP contribution in [0.15, 0.2) is 0 Å². The number of rotatable bonds is 9. The molecular formula is C16H34ClN. The third-order valence-electron chi connectivity index (χ3n) is 4.43. The van der Waals surface area contributed by atoms with E-state index in [0.29, 0.717) is 0 Å². The zero-order valence-corrected chi connectivity index (χ0v) is 13.4. The van der Waals surface area contributed by atoms with E-state index in [2.05, 4.69) is 13.8 Å². The van der Waals surface area contributed by atoms with Gasteiger partial charge in [-0.1, -0.05) is 45.4 Å². The van der Waals surface area contributed by atoms with Gasteiger partial charge in [0, 0.05) is 0 Å². The molecule has 0 aromatic carbocycles. The molecule has 1 N–H and O–H groups in total. The van der Waals surface area contributed by atoms with Gasteiger partial charge in [0.25, 0.3) is 0 Å². The lowest BCUT2D eigenvalue weighted by Gasteiger charge is -2.30. The second kappa shape index (κ2) is 12.3. The number of halogens is 1. The fourth-order valence-corrected chi connectivity index (χ4v) is 3.11. The van der Waals surface area contributed by atoms with Gasteiger partial charge in [-0.2, -0.15) is 0 Å². The van der Waals surface area contributed by atoms with E-state index in [1.807, 2.05) is 4.90 Å². The summed E-state index contributed by atoms with van der Waals surface area (Å²) in [6, 6.07) is 0.938. The second-order valence-corrected chi connectivity index (χ2v) is 6.03. The summed E-state index contributed by atoms with van der Waals surface area (Å²) in [6.45, 7) is 7.62. The Morgan fingerprint density at radius 1 is 0.889 bits per heavy atom. The average molecular weight is 276 g/mol. The Hall–Kier alpha value is 0.250. The minimum absolute atomic E-state index is 0. The van der Waals surface area contributed by atoms with Crippen LogP contribution < -0.4 is 17.3 Å². The predicted octanol–water partition coefficient (Wildman–Crippen LogP) is 0.588. The standard InChI is InChI=1S/C16H33N.ClH/c1-3-4-5-6-7-8-9-11-14-17-15-12-10-13-16(17)2;/h16H,3-15H2,1-2H3;1H. The first-order chi connectivity index (χ1) is 8.34. The van der Waals surface area contributed by atoms with Crippen LogP contribution in [0.3, 0.4) is 0 Å². The van der Waals surface area contributed by atoms with Crippen LogP contribution in [0.2, 0.25) is 0 Å². The first-order valence-corrected chi connectivity index (χ1v) is 8.19. The summed E-state index contributed by atoms with van der Waals surface area (Å²) in [7, 11) is 0. The molecular weight excluding hydrogens is 242 g/mol. The second-order valence-electron chi connectivity index (χ2n) is 6.03. The smallest absolute Gasteiger partial charge is 0.0846 e. The summed E-state index contributed by atoms with van der Waals surface area (Å²) in [5.74, 6) is 0. The van der Waals surface area contributed by atoms with Gasteiger partial charge in [-0.25, -0.2) is 0 Å². The lowest BCUT2D eigenvalue weighted by Crippen LogP contribution is -3.16. The minimum Gasteiger partial charge on any atom is -1.00 e. The fourth-order valence-electron chi connectivity index (χ4n) is 3.11. The van der Waals surface area contributed by atoms with Crippen molar-refractivity contribution in [1.29, 1.82) is 0 Å². The van der Waals surface area contributed by atoms with E-state index >= 15 is 0 Å². The predicted molar refractivity (Wildman–Crippen MR) is 76.6 cm³/mol. The molecule has 1 saturated heterocycles. The largest absolute Gasteiger partial charge is 1.00 e. The van der Waals surface area contributed by atoms with Gasteiger partial charge in [0.1, 0.15) is 0 Å². The number of nitrogens with one attached hydrogen (secondary N) is 1. The SMILES string of the molecule is CCCCCCCCCC[NH+]1CCCCC1C.[Cl-]. The molecule has 0 amide bonds. The highest BCUT2D eigenvalue weighted by Crippen LogP contribution is 2.08. The van der Waals surface area contributed by atoms with Crippen LogP contribution in [0, 0.1) is 0 Å². The van der Waals surface area contributed by atoms with Gasteiger partial charge in [0.15, 0.2) is 0 Å². The van der Waals surface area contributed by atoms with E-state index < -0.39 is 0 Å². The van der Waals surface area contributed by atoms with Crippen molar-refractivity contribution >= 4 is 0 Å². The molecule has 0 bridgehead atoms. The molecule has 1 fully saturated rings. The highest BCUT2D eigenvalue weighted by molar-refractivity contribution is 4.55. The topological polar surface area (TPSA) is 4.44 Å². The summed E-state index contributed by atoms with van der Waals surface area (Å²) < 4.78 is 0. The Labute approximate surface area is 121 Å². The maximum absolute atomic E-state index is 2.44. The highest BCUT2D eigenvalue weighted by atomic mass is 35.5. The van der Waals surface area contributed by atoms with Gasteiger partial charge in [-0.15, -0.1) is 0 Å². The molecule has 0 saturated carbocycles. The number of unbranched alkanes of at least 4 members (excludes halogenated alkanes) is 7. The summed E-state index contributed by atoms with van der Waals surface area (Å²) >= 11 is 0. The molecule has 1 nitrogen and oxygen atoms in total. The van der Waals surface area contributed by atoms with Crippen molar-refractivity contribution in [2.75, 3.05) is 13.1 Å². The highest BCUT2D eigenvalue weighted by Gasteiger charge is 2.20. The number of quaternary nitrogens is 1. The third-order valence-corrected chi connectivity index (χ3v) is 4.43. The molecule has 18 heavy (non-hydrogen) atoms. The third kappa shape index (κ3) is 8.37. The van der Waals surface area contributed by atoms with Crippen molar-refractivity contribution in [3.05, 3.63) is 0 Å². The van der Waals surface area contributed by atoms with Crippen molar-refractivity contribution in [3.63, 3.8) is 0 Å². The van der Waals surface area contributed by atoms with E-state index in [9.17, 15) is 0 Å². The van der Waals surface area contributed by atoms with E-state index in [4.69, 9.17) is 0 Å². The fraction of sp³-hybridized carbons (Fsp3) is 1.00. The van der Waals surface area contributed by atoms with Crippen LogP contribution in [0.5, 0.6) is 0 Å². The summed E-state index contributed by atoms with van der Waals surface area (Å²) in [6.07, 6.45) is 16.1. The minimum atomic E-state index is 0. The van der Waals surface area contributed by atoms with E-state index in [0.717, 1.165) is 6.04 Å². The summed E-state index contributed by atoms with van der Waals surface area (Å²) in [5.41, 5.74) is 0. The molecule has 1 heterocycles. The van der Waals surface area contributed by atoms with Crippen LogP contribution in [-0.2, 0) is 0 Å². The van der Waals surface area contributed by atoms with Crippen LogP contribution >= 0.6 is 0 Å². The quantitative estimate of drug-likeness (QED) is 0.588. The number of likely N-dealkylation sites (tertiary alicyclic amines) is 1. The normalized spacial score (nSPS) is 23.7. The number of hydrogen-bond acceptors (Lipinski definition) is 0. The van der Waals surface area contributed by atoms with Crippen molar-refractivity contribution in [2.45, 2.75) is 90.5 Å². The Bertz CT molecular complexity index is 172. The van der Waals surface area contributed by atoms with Gasteiger partial charge in [-0.3, -0.25) is 0 Å². The van der Waals surface area contributed by atoms with Crippen molar-refractivity contribution in [2.24, 2.45) is 0 Å². The van der Waals surface area contributed by atoms with Crippen molar-refractivity contribution < 1.29 is 17.3 Å². The molecule has 2 atom stereocenters. The molecule has 0 aromatic rings. The van der Waals surface area contributed by atoms with Gasteiger partial charge in [0.05, 0.1) is 19.1 Å². The lowest BCUT2D eigenvalue weighted by molar-refractivity contribution is -0.928. The van der Waals surface area contributed by atoms with Gasteiger partial charge in [0.2, 0.25) is 0 Å². The first kappa shape index (κ1) is 18.2. The lowest BCUT2D eigenvalue weighted by atomic mass is 10.0. The molecule has 0 spiro atoms. The first-order valence-electron chi connectivity index (χ1n) is 8.19. The molecule has 110 valence electrons. The number of piperidine rings is 1. The maximum Gasteiger partial charge on any atom is 0.0846 e. The van der Waals surface area contributed by atoms with Crippen molar-refractivity contribution in [3.8, 4) is 0 Å². The number of hydrogen-bond donors (Lipinski definition) is 1. The van der Waals surface area contributed by atoms with E-state index in [1.54, 1.807) is 0 Å². The molecule has 1 aliphatic rings. The zero-order chi connectivity index (χ0) is 12.3. The Kier molecular flexibility index (Phi) is 12.5. The van der Waals surface area contributed by atoms with Crippen molar-refractivity contribution in [1.82, 2.24) is 0 Å². The molecule has 2 heteroatoms. The van der Waals surface area contributed by atoms with Gasteiger partial charge >= 0.3 is 0 Å². The van der Waals surface area contributed by atoms with Crippen LogP contribution in [0.1, 0.15) is 84.5 Å². The van der Waals surface area contributed by atoms with E-state index in [1.165, 1.54) is 83.7 Å². The molecule has 0 aromatic heterocycles. The van der Waals surface area contributed by atoms with Gasteiger partial charge < -0.3 is 17.3 Å². The van der Waals surface area contributed by atoms with Crippen LogP contribution in [0.4, 0.5) is 0 Å². The molecule has 0 radical (unpaired) electrons.